The summed E-state index contributed by atoms with van der Waals surface area (Å²) >= 11 is 0. The summed E-state index contributed by atoms with van der Waals surface area (Å²) in [5.74, 6) is -0.837. The Hall–Kier alpha value is -2.70. The standard InChI is InChI=1S/C19H25N3O4/c1-12(18(24)25)11-22(5)17(23)14-8-6-7-13(9-14)16-20-15(26-21-16)10-19(2,3)4/h6-9,12H,10-11H2,1-5H3,(H,24,25). The van der Waals surface area contributed by atoms with Crippen LogP contribution in [0.4, 0.5) is 0 Å². The molecule has 7 heteroatoms. The highest BCUT2D eigenvalue weighted by Gasteiger charge is 2.20. The maximum absolute atomic E-state index is 12.5. The number of amides is 1. The quantitative estimate of drug-likeness (QED) is 0.851. The van der Waals surface area contributed by atoms with Gasteiger partial charge < -0.3 is 14.5 Å². The highest BCUT2D eigenvalue weighted by Crippen LogP contribution is 2.23. The van der Waals surface area contributed by atoms with Gasteiger partial charge in [-0.3, -0.25) is 9.59 Å². The summed E-state index contributed by atoms with van der Waals surface area (Å²) in [6.45, 7) is 7.97. The lowest BCUT2D eigenvalue weighted by Gasteiger charge is -2.19. The molecule has 1 aromatic heterocycles. The lowest BCUT2D eigenvalue weighted by atomic mass is 9.92. The number of carboxylic acid groups (broad SMARTS) is 1. The van der Waals surface area contributed by atoms with E-state index in [1.165, 1.54) is 4.90 Å². The van der Waals surface area contributed by atoms with Crippen LogP contribution in [0.3, 0.4) is 0 Å². The van der Waals surface area contributed by atoms with Gasteiger partial charge in [-0.1, -0.05) is 45.0 Å². The van der Waals surface area contributed by atoms with Crippen LogP contribution in [0.1, 0.15) is 43.9 Å². The minimum Gasteiger partial charge on any atom is -0.481 e. The van der Waals surface area contributed by atoms with Crippen molar-refractivity contribution in [3.8, 4) is 11.4 Å². The van der Waals surface area contributed by atoms with Crippen LogP contribution in [0.5, 0.6) is 0 Å². The summed E-state index contributed by atoms with van der Waals surface area (Å²) in [5.41, 5.74) is 1.16. The number of aromatic nitrogens is 2. The second kappa shape index (κ2) is 7.68. The Kier molecular flexibility index (Phi) is 5.79. The van der Waals surface area contributed by atoms with E-state index in [-0.39, 0.29) is 17.9 Å². The zero-order valence-corrected chi connectivity index (χ0v) is 15.8. The molecule has 2 rings (SSSR count). The Labute approximate surface area is 153 Å². The van der Waals surface area contributed by atoms with E-state index in [2.05, 4.69) is 30.9 Å². The second-order valence-electron chi connectivity index (χ2n) is 7.75. The van der Waals surface area contributed by atoms with Gasteiger partial charge in [0.15, 0.2) is 0 Å². The molecule has 0 radical (unpaired) electrons. The molecule has 0 spiro atoms. The third-order valence-electron chi connectivity index (χ3n) is 3.83. The number of carbonyl (C=O) groups excluding carboxylic acids is 1. The predicted molar refractivity (Wildman–Crippen MR) is 96.7 cm³/mol. The Morgan fingerprint density at radius 2 is 2.00 bits per heavy atom. The van der Waals surface area contributed by atoms with Crippen molar-refractivity contribution in [2.75, 3.05) is 13.6 Å². The average molecular weight is 359 g/mol. The molecule has 0 saturated heterocycles. The van der Waals surface area contributed by atoms with Gasteiger partial charge in [0.2, 0.25) is 11.7 Å². The summed E-state index contributed by atoms with van der Waals surface area (Å²) in [6.07, 6.45) is 0.661. The third kappa shape index (κ3) is 5.15. The number of hydrogen-bond acceptors (Lipinski definition) is 5. The fourth-order valence-corrected chi connectivity index (χ4v) is 2.48. The summed E-state index contributed by atoms with van der Waals surface area (Å²) in [7, 11) is 1.59. The third-order valence-corrected chi connectivity index (χ3v) is 3.83. The number of hydrogen-bond donors (Lipinski definition) is 1. The first-order valence-electron chi connectivity index (χ1n) is 8.48. The van der Waals surface area contributed by atoms with Crippen molar-refractivity contribution >= 4 is 11.9 Å². The lowest BCUT2D eigenvalue weighted by Crippen LogP contribution is -2.33. The molecule has 0 saturated carbocycles. The predicted octanol–water partition coefficient (Wildman–Crippen LogP) is 3.12. The summed E-state index contributed by atoms with van der Waals surface area (Å²) in [4.78, 5) is 29.3. The van der Waals surface area contributed by atoms with Crippen molar-refractivity contribution in [3.63, 3.8) is 0 Å². The van der Waals surface area contributed by atoms with E-state index in [9.17, 15) is 9.59 Å². The molecule has 0 fully saturated rings. The molecule has 140 valence electrons. The molecule has 0 aliphatic rings. The number of aliphatic carboxylic acids is 1. The van der Waals surface area contributed by atoms with Gasteiger partial charge in [-0.2, -0.15) is 4.98 Å². The first-order valence-corrected chi connectivity index (χ1v) is 8.48. The molecule has 2 aromatic rings. The first-order chi connectivity index (χ1) is 12.1. The van der Waals surface area contributed by atoms with Crippen molar-refractivity contribution in [2.24, 2.45) is 11.3 Å². The van der Waals surface area contributed by atoms with Gasteiger partial charge in [-0.25, -0.2) is 0 Å². The molecule has 1 heterocycles. The largest absolute Gasteiger partial charge is 0.481 e. The Balaban J connectivity index is 2.17. The molecular weight excluding hydrogens is 334 g/mol. The molecule has 0 aliphatic heterocycles. The van der Waals surface area contributed by atoms with E-state index in [0.29, 0.717) is 29.3 Å². The van der Waals surface area contributed by atoms with Crippen molar-refractivity contribution in [1.29, 1.82) is 0 Å². The molecule has 1 unspecified atom stereocenters. The zero-order chi connectivity index (χ0) is 19.5. The van der Waals surface area contributed by atoms with E-state index >= 15 is 0 Å². The van der Waals surface area contributed by atoms with Gasteiger partial charge in [0.05, 0.1) is 5.92 Å². The SMILES string of the molecule is CC(CN(C)C(=O)c1cccc(-c2noc(CC(C)(C)C)n2)c1)C(=O)O. The van der Waals surface area contributed by atoms with Crippen molar-refractivity contribution in [3.05, 3.63) is 35.7 Å². The summed E-state index contributed by atoms with van der Waals surface area (Å²) in [6, 6.07) is 6.93. The number of nitrogens with zero attached hydrogens (tertiary/aromatic N) is 3. The average Bonchev–Trinajstić information content (AvgIpc) is 3.00. The molecule has 0 bridgehead atoms. The van der Waals surface area contributed by atoms with E-state index in [4.69, 9.17) is 9.63 Å². The number of carbonyl (C=O) groups is 2. The van der Waals surface area contributed by atoms with Crippen LogP contribution < -0.4 is 0 Å². The number of carboxylic acids is 1. The first kappa shape index (κ1) is 19.6. The minimum absolute atomic E-state index is 0.0329. The van der Waals surface area contributed by atoms with E-state index in [1.807, 2.05) is 6.07 Å². The molecule has 1 amide bonds. The summed E-state index contributed by atoms with van der Waals surface area (Å²) < 4.78 is 5.30. The summed E-state index contributed by atoms with van der Waals surface area (Å²) in [5, 5.41) is 13.0. The fraction of sp³-hybridized carbons (Fsp3) is 0.474. The minimum atomic E-state index is -0.934. The van der Waals surface area contributed by atoms with E-state index in [0.717, 1.165) is 0 Å². The van der Waals surface area contributed by atoms with Crippen LogP contribution in [0.2, 0.25) is 0 Å². The van der Waals surface area contributed by atoms with Crippen molar-refractivity contribution in [1.82, 2.24) is 15.0 Å². The van der Waals surface area contributed by atoms with Crippen molar-refractivity contribution in [2.45, 2.75) is 34.1 Å². The highest BCUT2D eigenvalue weighted by molar-refractivity contribution is 5.95. The van der Waals surface area contributed by atoms with E-state index in [1.54, 1.807) is 32.2 Å². The van der Waals surface area contributed by atoms with Gasteiger partial charge >= 0.3 is 5.97 Å². The van der Waals surface area contributed by atoms with Crippen LogP contribution in [0, 0.1) is 11.3 Å². The fourth-order valence-electron chi connectivity index (χ4n) is 2.48. The number of benzene rings is 1. The second-order valence-corrected chi connectivity index (χ2v) is 7.75. The maximum atomic E-state index is 12.5. The van der Waals surface area contributed by atoms with Crippen LogP contribution in [-0.4, -0.2) is 45.6 Å². The van der Waals surface area contributed by atoms with Crippen LogP contribution >= 0.6 is 0 Å². The van der Waals surface area contributed by atoms with Gasteiger partial charge in [-0.15, -0.1) is 0 Å². The van der Waals surface area contributed by atoms with Crippen LogP contribution in [0.15, 0.2) is 28.8 Å². The van der Waals surface area contributed by atoms with Gasteiger partial charge in [-0.05, 0) is 17.5 Å². The molecule has 26 heavy (non-hydrogen) atoms. The molecular formula is C19H25N3O4. The zero-order valence-electron chi connectivity index (χ0n) is 15.8. The van der Waals surface area contributed by atoms with E-state index < -0.39 is 11.9 Å². The Morgan fingerprint density at radius 3 is 2.62 bits per heavy atom. The van der Waals surface area contributed by atoms with Crippen LogP contribution in [-0.2, 0) is 11.2 Å². The van der Waals surface area contributed by atoms with Gasteiger partial charge in [0, 0.05) is 31.1 Å². The highest BCUT2D eigenvalue weighted by atomic mass is 16.5. The molecule has 7 nitrogen and oxygen atoms in total. The van der Waals surface area contributed by atoms with Crippen LogP contribution in [0.25, 0.3) is 11.4 Å². The Morgan fingerprint density at radius 1 is 1.31 bits per heavy atom. The number of rotatable bonds is 6. The molecule has 1 N–H and O–H groups in total. The molecule has 1 atom stereocenters. The maximum Gasteiger partial charge on any atom is 0.308 e. The normalized spacial score (nSPS) is 12.7. The lowest BCUT2D eigenvalue weighted by molar-refractivity contribution is -0.141. The monoisotopic (exact) mass is 359 g/mol. The van der Waals surface area contributed by atoms with Crippen molar-refractivity contribution < 1.29 is 19.2 Å². The van der Waals surface area contributed by atoms with Gasteiger partial charge in [0.1, 0.15) is 0 Å². The molecule has 1 aromatic carbocycles. The Bertz CT molecular complexity index is 792. The topological polar surface area (TPSA) is 96.5 Å². The smallest absolute Gasteiger partial charge is 0.308 e. The molecule has 0 aliphatic carbocycles. The van der Waals surface area contributed by atoms with Gasteiger partial charge in [0.25, 0.3) is 5.91 Å².